The molecule has 166 valence electrons. The minimum absolute atomic E-state index is 0.0511. The van der Waals surface area contributed by atoms with Gasteiger partial charge in [-0.2, -0.15) is 4.68 Å². The predicted octanol–water partition coefficient (Wildman–Crippen LogP) is 5.19. The summed E-state index contributed by atoms with van der Waals surface area (Å²) in [6.45, 7) is 10.4. The van der Waals surface area contributed by atoms with Gasteiger partial charge in [0.05, 0.1) is 0 Å². The van der Waals surface area contributed by atoms with Gasteiger partial charge >= 0.3 is 0 Å². The molecule has 0 radical (unpaired) electrons. The van der Waals surface area contributed by atoms with Crippen LogP contribution in [0.4, 0.5) is 5.95 Å². The molecule has 1 aliphatic heterocycles. The highest BCUT2D eigenvalue weighted by atomic mass is 79.9. The van der Waals surface area contributed by atoms with E-state index in [1.807, 2.05) is 25.1 Å². The topological polar surface area (TPSA) is 81.9 Å². The zero-order chi connectivity index (χ0) is 23.0. The van der Waals surface area contributed by atoms with E-state index in [1.54, 1.807) is 11.6 Å². The van der Waals surface area contributed by atoms with Crippen molar-refractivity contribution in [2.45, 2.75) is 52.7 Å². The van der Waals surface area contributed by atoms with Crippen molar-refractivity contribution in [1.82, 2.24) is 20.2 Å². The lowest BCUT2D eigenvalue weighted by Gasteiger charge is -2.28. The second-order valence-corrected chi connectivity index (χ2v) is 9.90. The molecular formula is C24H26BrN5O2. The third kappa shape index (κ3) is 4.32. The summed E-state index contributed by atoms with van der Waals surface area (Å²) in [6.07, 6.45) is 0. The average molecular weight is 496 g/mol. The molecule has 0 bridgehead atoms. The van der Waals surface area contributed by atoms with Gasteiger partial charge in [-0.3, -0.25) is 4.79 Å². The van der Waals surface area contributed by atoms with Crippen LogP contribution in [-0.2, 0) is 16.8 Å². The number of aromatic nitrogens is 4. The number of tetrazole rings is 1. The molecule has 7 nitrogen and oxygen atoms in total. The van der Waals surface area contributed by atoms with E-state index < -0.39 is 6.04 Å². The first-order valence-corrected chi connectivity index (χ1v) is 11.2. The average Bonchev–Trinajstić information content (AvgIpc) is 3.19. The molecular weight excluding hydrogens is 470 g/mol. The lowest BCUT2D eigenvalue weighted by molar-refractivity contribution is -0.114. The molecule has 32 heavy (non-hydrogen) atoms. The molecule has 3 aromatic rings. The number of ketones is 1. The van der Waals surface area contributed by atoms with Crippen LogP contribution >= 0.6 is 15.9 Å². The maximum Gasteiger partial charge on any atom is 0.248 e. The number of rotatable bonds is 5. The van der Waals surface area contributed by atoms with Crippen molar-refractivity contribution in [3.63, 3.8) is 0 Å². The Kier molecular flexibility index (Phi) is 5.90. The number of ether oxygens (including phenoxy) is 1. The summed E-state index contributed by atoms with van der Waals surface area (Å²) < 4.78 is 8.75. The van der Waals surface area contributed by atoms with Crippen molar-refractivity contribution in [1.29, 1.82) is 0 Å². The van der Waals surface area contributed by atoms with Crippen molar-refractivity contribution >= 4 is 27.7 Å². The zero-order valence-electron chi connectivity index (χ0n) is 18.8. The summed E-state index contributed by atoms with van der Waals surface area (Å²) in [4.78, 5) is 12.6. The second-order valence-electron chi connectivity index (χ2n) is 8.99. The van der Waals surface area contributed by atoms with E-state index in [1.165, 1.54) is 5.56 Å². The van der Waals surface area contributed by atoms with Crippen LogP contribution in [0.25, 0.3) is 0 Å². The summed E-state index contributed by atoms with van der Waals surface area (Å²) >= 11 is 3.56. The minimum Gasteiger partial charge on any atom is -0.489 e. The van der Waals surface area contributed by atoms with Crippen LogP contribution in [0, 0.1) is 0 Å². The van der Waals surface area contributed by atoms with Gasteiger partial charge in [-0.15, -0.1) is 0 Å². The monoisotopic (exact) mass is 495 g/mol. The molecule has 0 spiro atoms. The standard InChI is InChI=1S/C24H26BrN5O2/c1-14-21(15(2)31)22(30-23(26-14)27-28-29-30)19-12-18(25)10-11-20(19)32-13-16-6-8-17(9-7-16)24(3,4)5/h6-12,22H,13H2,1-5H3,(H,26,27,29). The van der Waals surface area contributed by atoms with Gasteiger partial charge in [-0.25, -0.2) is 0 Å². The molecule has 0 saturated carbocycles. The van der Waals surface area contributed by atoms with E-state index in [0.717, 1.165) is 21.3 Å². The first kappa shape index (κ1) is 22.2. The van der Waals surface area contributed by atoms with Crippen LogP contribution in [0.1, 0.15) is 57.4 Å². The Labute approximate surface area is 196 Å². The van der Waals surface area contributed by atoms with Crippen LogP contribution < -0.4 is 10.1 Å². The summed E-state index contributed by atoms with van der Waals surface area (Å²) in [6, 6.07) is 13.8. The molecule has 1 atom stereocenters. The Hall–Kier alpha value is -3.00. The Morgan fingerprint density at radius 3 is 2.56 bits per heavy atom. The number of nitrogens with one attached hydrogen (secondary N) is 1. The fourth-order valence-electron chi connectivity index (χ4n) is 3.88. The summed E-state index contributed by atoms with van der Waals surface area (Å²) in [5, 5.41) is 15.1. The van der Waals surface area contributed by atoms with E-state index >= 15 is 0 Å². The number of nitrogens with zero attached hydrogens (tertiary/aromatic N) is 4. The molecule has 1 aliphatic rings. The maximum absolute atomic E-state index is 12.6. The summed E-state index contributed by atoms with van der Waals surface area (Å²) in [5.41, 5.74) is 4.59. The molecule has 0 amide bonds. The molecule has 1 N–H and O–H groups in total. The van der Waals surface area contributed by atoms with E-state index in [9.17, 15) is 4.79 Å². The number of hydrogen-bond acceptors (Lipinski definition) is 6. The van der Waals surface area contributed by atoms with Crippen LogP contribution in [0.15, 0.2) is 58.2 Å². The number of benzene rings is 2. The first-order chi connectivity index (χ1) is 15.1. The molecule has 2 aromatic carbocycles. The van der Waals surface area contributed by atoms with Gasteiger partial charge in [0.1, 0.15) is 18.4 Å². The second kappa shape index (κ2) is 8.50. The van der Waals surface area contributed by atoms with Crippen molar-refractivity contribution < 1.29 is 9.53 Å². The number of carbonyl (C=O) groups excluding carboxylic acids is 1. The van der Waals surface area contributed by atoms with Gasteiger partial charge in [0.15, 0.2) is 5.78 Å². The Morgan fingerprint density at radius 1 is 1.19 bits per heavy atom. The highest BCUT2D eigenvalue weighted by Crippen LogP contribution is 2.40. The fourth-order valence-corrected chi connectivity index (χ4v) is 4.26. The van der Waals surface area contributed by atoms with Crippen molar-refractivity contribution in [2.75, 3.05) is 5.32 Å². The van der Waals surface area contributed by atoms with E-state index in [2.05, 4.69) is 81.8 Å². The van der Waals surface area contributed by atoms with Gasteiger partial charge in [0, 0.05) is 21.3 Å². The molecule has 2 heterocycles. The van der Waals surface area contributed by atoms with Crippen molar-refractivity contribution in [3.05, 3.63) is 74.9 Å². The first-order valence-electron chi connectivity index (χ1n) is 10.4. The number of anilines is 1. The van der Waals surface area contributed by atoms with E-state index in [-0.39, 0.29) is 11.2 Å². The third-order valence-electron chi connectivity index (χ3n) is 5.57. The molecule has 8 heteroatoms. The van der Waals surface area contributed by atoms with Crippen LogP contribution in [-0.4, -0.2) is 26.0 Å². The molecule has 0 saturated heterocycles. The van der Waals surface area contributed by atoms with Crippen LogP contribution in [0.2, 0.25) is 0 Å². The molecule has 0 aliphatic carbocycles. The molecule has 0 fully saturated rings. The fraction of sp³-hybridized carbons (Fsp3) is 0.333. The number of Topliss-reactive ketones (excluding diaryl/α,β-unsaturated/α-hetero) is 1. The third-order valence-corrected chi connectivity index (χ3v) is 6.07. The number of fused-ring (bicyclic) bond motifs is 1. The Bertz CT molecular complexity index is 1190. The van der Waals surface area contributed by atoms with E-state index in [0.29, 0.717) is 23.9 Å². The predicted molar refractivity (Wildman–Crippen MR) is 127 cm³/mol. The van der Waals surface area contributed by atoms with E-state index in [4.69, 9.17) is 4.74 Å². The van der Waals surface area contributed by atoms with Gasteiger partial charge in [0.2, 0.25) is 5.95 Å². The van der Waals surface area contributed by atoms with Crippen molar-refractivity contribution in [3.8, 4) is 5.75 Å². The van der Waals surface area contributed by atoms with Gasteiger partial charge in [0.25, 0.3) is 0 Å². The van der Waals surface area contributed by atoms with Gasteiger partial charge in [-0.05, 0) is 59.0 Å². The van der Waals surface area contributed by atoms with Crippen molar-refractivity contribution in [2.24, 2.45) is 0 Å². The zero-order valence-corrected chi connectivity index (χ0v) is 20.4. The Morgan fingerprint density at radius 2 is 1.91 bits per heavy atom. The largest absolute Gasteiger partial charge is 0.489 e. The Balaban J connectivity index is 1.69. The summed E-state index contributed by atoms with van der Waals surface area (Å²) in [5.74, 6) is 1.11. The highest BCUT2D eigenvalue weighted by Gasteiger charge is 2.34. The smallest absolute Gasteiger partial charge is 0.248 e. The number of halogens is 1. The number of allylic oxidation sites excluding steroid dienone is 2. The SMILES string of the molecule is CC(=O)C1=C(C)Nc2nnnn2C1c1cc(Br)ccc1OCc1ccc(C(C)(C)C)cc1. The van der Waals surface area contributed by atoms with Gasteiger partial charge < -0.3 is 10.1 Å². The van der Waals surface area contributed by atoms with Gasteiger partial charge in [-0.1, -0.05) is 66.1 Å². The van der Waals surface area contributed by atoms with Crippen LogP contribution in [0.5, 0.6) is 5.75 Å². The minimum atomic E-state index is -0.491. The highest BCUT2D eigenvalue weighted by molar-refractivity contribution is 9.10. The molecule has 4 rings (SSSR count). The quantitative estimate of drug-likeness (QED) is 0.524. The molecule has 1 unspecified atom stereocenters. The number of hydrogen-bond donors (Lipinski definition) is 1. The molecule has 1 aromatic heterocycles. The lowest BCUT2D eigenvalue weighted by atomic mass is 9.87. The normalized spacial score (nSPS) is 15.9. The summed E-state index contributed by atoms with van der Waals surface area (Å²) in [7, 11) is 0. The van der Waals surface area contributed by atoms with Crippen LogP contribution in [0.3, 0.4) is 0 Å². The lowest BCUT2D eigenvalue weighted by Crippen LogP contribution is -2.28. The maximum atomic E-state index is 12.6. The number of carbonyl (C=O) groups is 1.